The summed E-state index contributed by atoms with van der Waals surface area (Å²) in [5.74, 6) is -0.947. The molecule has 0 aromatic heterocycles. The average molecular weight is 1090 g/mol. The molecule has 0 spiro atoms. The van der Waals surface area contributed by atoms with Crippen LogP contribution in [0.15, 0.2) is 134 Å². The van der Waals surface area contributed by atoms with Gasteiger partial charge in [-0.05, 0) is 122 Å². The van der Waals surface area contributed by atoms with Crippen LogP contribution < -0.4 is 0 Å². The monoisotopic (exact) mass is 1090 g/mol. The van der Waals surface area contributed by atoms with Crippen molar-refractivity contribution in [2.75, 3.05) is 13.2 Å². The lowest BCUT2D eigenvalue weighted by Gasteiger charge is -2.18. The van der Waals surface area contributed by atoms with Crippen molar-refractivity contribution in [1.82, 2.24) is 0 Å². The van der Waals surface area contributed by atoms with E-state index in [9.17, 15) is 14.4 Å². The van der Waals surface area contributed by atoms with E-state index in [1.165, 1.54) is 116 Å². The molecular formula is C73H120O6. The largest absolute Gasteiger partial charge is 0.462 e. The smallest absolute Gasteiger partial charge is 0.306 e. The second-order valence-electron chi connectivity index (χ2n) is 21.3. The zero-order chi connectivity index (χ0) is 57.1. The van der Waals surface area contributed by atoms with Gasteiger partial charge in [0.25, 0.3) is 0 Å². The van der Waals surface area contributed by atoms with Gasteiger partial charge in [0.05, 0.1) is 0 Å². The number of allylic oxidation sites excluding steroid dienone is 22. The van der Waals surface area contributed by atoms with Crippen LogP contribution in [0.2, 0.25) is 0 Å². The number of ether oxygens (including phenoxy) is 3. The molecule has 0 heterocycles. The lowest BCUT2D eigenvalue weighted by Crippen LogP contribution is -2.30. The molecule has 1 unspecified atom stereocenters. The quantitative estimate of drug-likeness (QED) is 0.0261. The van der Waals surface area contributed by atoms with Crippen molar-refractivity contribution in [3.8, 4) is 0 Å². The number of hydrogen-bond acceptors (Lipinski definition) is 6. The molecule has 0 N–H and O–H groups in total. The summed E-state index contributed by atoms with van der Waals surface area (Å²) >= 11 is 0. The average Bonchev–Trinajstić information content (AvgIpc) is 3.45. The van der Waals surface area contributed by atoms with Gasteiger partial charge in [-0.25, -0.2) is 0 Å². The molecule has 0 rings (SSSR count). The van der Waals surface area contributed by atoms with E-state index in [4.69, 9.17) is 14.2 Å². The van der Waals surface area contributed by atoms with Crippen LogP contribution in [0.1, 0.15) is 290 Å². The minimum absolute atomic E-state index is 0.0955. The molecule has 0 aliphatic rings. The third kappa shape index (κ3) is 64.3. The summed E-state index contributed by atoms with van der Waals surface area (Å²) in [6, 6.07) is 0. The summed E-state index contributed by atoms with van der Waals surface area (Å²) in [5.41, 5.74) is 0. The van der Waals surface area contributed by atoms with Gasteiger partial charge in [-0.2, -0.15) is 0 Å². The Kier molecular flexibility index (Phi) is 62.3. The van der Waals surface area contributed by atoms with Crippen molar-refractivity contribution < 1.29 is 28.6 Å². The number of hydrogen-bond donors (Lipinski definition) is 0. The zero-order valence-electron chi connectivity index (χ0n) is 51.3. The Morgan fingerprint density at radius 1 is 0.266 bits per heavy atom. The Balaban J connectivity index is 4.37. The summed E-state index contributed by atoms with van der Waals surface area (Å²) in [6.07, 6.45) is 93.2. The Labute approximate surface area is 487 Å². The third-order valence-corrected chi connectivity index (χ3v) is 13.6. The van der Waals surface area contributed by atoms with Gasteiger partial charge < -0.3 is 14.2 Å². The molecule has 6 nitrogen and oxygen atoms in total. The maximum atomic E-state index is 12.9. The molecule has 1 atom stereocenters. The number of esters is 3. The molecule has 0 amide bonds. The standard InChI is InChI=1S/C73H120O6/c1-4-7-10-13-16-19-22-25-27-29-30-31-32-33-34-35-36-37-38-39-40-41-42-43-44-45-47-48-51-54-57-60-63-66-72(75)78-69-70(68-77-71(74)65-62-59-56-53-50-24-21-18-15-12-9-6-3)79-73(76)67-64-61-58-55-52-49-46-28-26-23-20-17-14-11-8-5-2/h7,10,16,19,25,27-28,30-31,33-34,36-37,39-40,42-43,45-47,51,54,70H,4-6,8-9,11-15,17-18,20-24,26,29,32,35,38,41,44,48-50,52-53,55-69H2,1-3H3/b10-7-,19-16-,27-25-,31-30-,34-33-,37-36-,40-39-,43-42-,46-28-,47-45-,54-51-. The number of carbonyl (C=O) groups is 3. The van der Waals surface area contributed by atoms with Crippen LogP contribution >= 0.6 is 0 Å². The summed E-state index contributed by atoms with van der Waals surface area (Å²) in [7, 11) is 0. The van der Waals surface area contributed by atoms with Crippen LogP contribution in [0.5, 0.6) is 0 Å². The Hall–Kier alpha value is -4.45. The summed E-state index contributed by atoms with van der Waals surface area (Å²) in [5, 5.41) is 0. The first-order chi connectivity index (χ1) is 39.0. The van der Waals surface area contributed by atoms with Crippen LogP contribution in [0.25, 0.3) is 0 Å². The molecule has 0 aliphatic carbocycles. The Bertz CT molecular complexity index is 1680. The van der Waals surface area contributed by atoms with E-state index >= 15 is 0 Å². The van der Waals surface area contributed by atoms with Crippen molar-refractivity contribution in [1.29, 1.82) is 0 Å². The lowest BCUT2D eigenvalue weighted by atomic mass is 10.0. The van der Waals surface area contributed by atoms with Gasteiger partial charge in [-0.15, -0.1) is 0 Å². The zero-order valence-corrected chi connectivity index (χ0v) is 51.3. The highest BCUT2D eigenvalue weighted by Gasteiger charge is 2.19. The molecular weight excluding hydrogens is 973 g/mol. The van der Waals surface area contributed by atoms with Gasteiger partial charge in [-0.1, -0.05) is 283 Å². The maximum Gasteiger partial charge on any atom is 0.306 e. The summed E-state index contributed by atoms with van der Waals surface area (Å²) < 4.78 is 16.9. The number of rotatable bonds is 58. The van der Waals surface area contributed by atoms with Gasteiger partial charge in [0.15, 0.2) is 6.10 Å². The van der Waals surface area contributed by atoms with Crippen LogP contribution in [-0.4, -0.2) is 37.2 Å². The van der Waals surface area contributed by atoms with Crippen LogP contribution in [0.4, 0.5) is 0 Å². The predicted molar refractivity (Wildman–Crippen MR) is 343 cm³/mol. The van der Waals surface area contributed by atoms with Crippen LogP contribution in [-0.2, 0) is 28.6 Å². The molecule has 0 saturated heterocycles. The van der Waals surface area contributed by atoms with Gasteiger partial charge in [0, 0.05) is 19.3 Å². The van der Waals surface area contributed by atoms with E-state index in [1.54, 1.807) is 0 Å². The molecule has 0 bridgehead atoms. The van der Waals surface area contributed by atoms with E-state index < -0.39 is 6.10 Å². The molecule has 79 heavy (non-hydrogen) atoms. The fourth-order valence-electron chi connectivity index (χ4n) is 8.76. The van der Waals surface area contributed by atoms with Crippen LogP contribution in [0, 0.1) is 0 Å². The van der Waals surface area contributed by atoms with Gasteiger partial charge in [0.1, 0.15) is 13.2 Å². The molecule has 0 aromatic carbocycles. The van der Waals surface area contributed by atoms with Crippen molar-refractivity contribution in [3.63, 3.8) is 0 Å². The van der Waals surface area contributed by atoms with Crippen LogP contribution in [0.3, 0.4) is 0 Å². The van der Waals surface area contributed by atoms with E-state index in [2.05, 4.69) is 154 Å². The summed E-state index contributed by atoms with van der Waals surface area (Å²) in [4.78, 5) is 38.2. The first-order valence-corrected chi connectivity index (χ1v) is 32.7. The highest BCUT2D eigenvalue weighted by atomic mass is 16.6. The SMILES string of the molecule is CC/C=C\C/C=C\C/C=C\C/C=C\C/C=C\C/C=C\C/C=C\C/C=C\C/C=C\C/C=C\CCCCC(=O)OCC(COC(=O)CCCCCCCCCCCCCC)OC(=O)CCCCCCC/C=C\CCCCCCCCC. The Morgan fingerprint density at radius 3 is 0.810 bits per heavy atom. The minimum atomic E-state index is -0.803. The second kappa shape index (κ2) is 66.1. The topological polar surface area (TPSA) is 78.9 Å². The number of unbranched alkanes of at least 4 members (excludes halogenated alkanes) is 25. The molecule has 0 aromatic rings. The van der Waals surface area contributed by atoms with Gasteiger partial charge in [0.2, 0.25) is 0 Å². The normalized spacial score (nSPS) is 13.0. The highest BCUT2D eigenvalue weighted by molar-refractivity contribution is 5.71. The van der Waals surface area contributed by atoms with Crippen molar-refractivity contribution in [2.45, 2.75) is 297 Å². The fraction of sp³-hybridized carbons (Fsp3) is 0.658. The van der Waals surface area contributed by atoms with Crippen molar-refractivity contribution >= 4 is 17.9 Å². The molecule has 0 saturated carbocycles. The number of carbonyl (C=O) groups excluding carboxylic acids is 3. The van der Waals surface area contributed by atoms with E-state index in [0.29, 0.717) is 25.7 Å². The first-order valence-electron chi connectivity index (χ1n) is 32.7. The fourth-order valence-corrected chi connectivity index (χ4v) is 8.76. The second-order valence-corrected chi connectivity index (χ2v) is 21.3. The molecule has 0 aliphatic heterocycles. The molecule has 0 radical (unpaired) electrons. The third-order valence-electron chi connectivity index (χ3n) is 13.6. The molecule has 6 heteroatoms. The molecule has 448 valence electrons. The van der Waals surface area contributed by atoms with E-state index in [-0.39, 0.29) is 31.1 Å². The lowest BCUT2D eigenvalue weighted by molar-refractivity contribution is -0.167. The van der Waals surface area contributed by atoms with E-state index in [0.717, 1.165) is 128 Å². The van der Waals surface area contributed by atoms with Gasteiger partial charge in [-0.3, -0.25) is 14.4 Å². The van der Waals surface area contributed by atoms with Crippen molar-refractivity contribution in [3.05, 3.63) is 134 Å². The maximum absolute atomic E-state index is 12.9. The Morgan fingerprint density at radius 2 is 0.494 bits per heavy atom. The minimum Gasteiger partial charge on any atom is -0.462 e. The van der Waals surface area contributed by atoms with E-state index in [1.807, 2.05) is 0 Å². The highest BCUT2D eigenvalue weighted by Crippen LogP contribution is 2.15. The van der Waals surface area contributed by atoms with Crippen molar-refractivity contribution in [2.24, 2.45) is 0 Å². The summed E-state index contributed by atoms with van der Waals surface area (Å²) in [6.45, 7) is 6.49. The first kappa shape index (κ1) is 74.5. The predicted octanol–water partition coefficient (Wildman–Crippen LogP) is 22.5. The van der Waals surface area contributed by atoms with Gasteiger partial charge >= 0.3 is 17.9 Å². The molecule has 0 fully saturated rings.